The van der Waals surface area contributed by atoms with Gasteiger partial charge in [0.2, 0.25) is 0 Å². The van der Waals surface area contributed by atoms with Crippen LogP contribution in [0.5, 0.6) is 0 Å². The van der Waals surface area contributed by atoms with Gasteiger partial charge in [-0.15, -0.1) is 0 Å². The second-order valence-corrected chi connectivity index (χ2v) is 1.09. The molecular formula is C2H3HgNOS. The van der Waals surface area contributed by atoms with Crippen molar-refractivity contribution in [1.29, 1.82) is 5.26 Å². The van der Waals surface area contributed by atoms with Crippen molar-refractivity contribution in [3.63, 3.8) is 0 Å². The fraction of sp³-hybridized carbons (Fsp3) is 0.500. The number of hydrogen-bond acceptors (Lipinski definition) is 3. The predicted molar refractivity (Wildman–Crippen MR) is 20.3 cm³/mol. The monoisotopic (exact) mass is 291 g/mol. The van der Waals surface area contributed by atoms with E-state index in [2.05, 4.69) is 0 Å². The van der Waals surface area contributed by atoms with Crippen LogP contribution in [0.3, 0.4) is 0 Å². The van der Waals surface area contributed by atoms with Crippen molar-refractivity contribution in [2.24, 2.45) is 0 Å². The number of nitriles is 1. The van der Waals surface area contributed by atoms with Crippen molar-refractivity contribution in [2.45, 2.75) is 0 Å². The molecule has 0 aliphatic carbocycles. The van der Waals surface area contributed by atoms with E-state index in [1.807, 2.05) is 0 Å². The molecule has 30 valence electrons. The van der Waals surface area contributed by atoms with Crippen LogP contribution in [0.2, 0.25) is 0 Å². The molecule has 0 amide bonds. The first kappa shape index (κ1) is 9.88. The summed E-state index contributed by atoms with van der Waals surface area (Å²) in [5.41, 5.74) is 0. The van der Waals surface area contributed by atoms with E-state index >= 15 is 0 Å². The van der Waals surface area contributed by atoms with Crippen molar-refractivity contribution in [3.8, 4) is 5.40 Å². The van der Waals surface area contributed by atoms with E-state index in [0.29, 0.717) is 0 Å². The zero-order valence-corrected chi connectivity index (χ0v) is 9.53. The SMILES string of the molecule is N#CSCO.[Hg]. The van der Waals surface area contributed by atoms with Gasteiger partial charge in [0.15, 0.2) is 0 Å². The quantitative estimate of drug-likeness (QED) is 0.424. The first-order valence-corrected chi connectivity index (χ1v) is 2.02. The minimum atomic E-state index is -0.101. The largest absolute Gasteiger partial charge is 0.385 e. The maximum Gasteiger partial charge on any atom is 0.135 e. The van der Waals surface area contributed by atoms with Gasteiger partial charge in [0.1, 0.15) is 11.3 Å². The van der Waals surface area contributed by atoms with Crippen LogP contribution in [0, 0.1) is 10.7 Å². The molecule has 0 spiro atoms. The Morgan fingerprint density at radius 1 is 1.83 bits per heavy atom. The standard InChI is InChI=1S/C2H3NOS.Hg/c3-1-5-2-4;/h4H,2H2;. The van der Waals surface area contributed by atoms with Crippen molar-refractivity contribution < 1.29 is 32.8 Å². The number of aliphatic hydroxyl groups is 1. The summed E-state index contributed by atoms with van der Waals surface area (Å²) in [5.74, 6) is -0.101. The van der Waals surface area contributed by atoms with Crippen LogP contribution in [0.4, 0.5) is 0 Å². The van der Waals surface area contributed by atoms with E-state index in [9.17, 15) is 0 Å². The smallest absolute Gasteiger partial charge is 0.135 e. The summed E-state index contributed by atoms with van der Waals surface area (Å²) in [7, 11) is 0. The summed E-state index contributed by atoms with van der Waals surface area (Å²) in [6, 6.07) is 0. The number of thioether (sulfide) groups is 1. The van der Waals surface area contributed by atoms with Crippen molar-refractivity contribution in [1.82, 2.24) is 0 Å². The van der Waals surface area contributed by atoms with Gasteiger partial charge in [-0.05, 0) is 11.8 Å². The summed E-state index contributed by atoms with van der Waals surface area (Å²) in [4.78, 5) is 0. The molecule has 6 heavy (non-hydrogen) atoms. The molecule has 0 aromatic carbocycles. The minimum absolute atomic E-state index is 0. The molecule has 0 rings (SSSR count). The molecule has 0 radical (unpaired) electrons. The van der Waals surface area contributed by atoms with E-state index in [-0.39, 0.29) is 33.6 Å². The summed E-state index contributed by atoms with van der Waals surface area (Å²) < 4.78 is 0. The fourth-order valence-electron chi connectivity index (χ4n) is 0.0289. The second-order valence-electron chi connectivity index (χ2n) is 0.365. The first-order chi connectivity index (χ1) is 2.41. The number of rotatable bonds is 1. The number of nitrogens with zero attached hydrogens (tertiary/aromatic N) is 1. The average molecular weight is 290 g/mol. The molecule has 0 aromatic heterocycles. The Labute approximate surface area is 61.0 Å². The van der Waals surface area contributed by atoms with Crippen LogP contribution >= 0.6 is 11.8 Å². The summed E-state index contributed by atoms with van der Waals surface area (Å²) in [6.07, 6.45) is 0. The summed E-state index contributed by atoms with van der Waals surface area (Å²) in [6.45, 7) is 0. The predicted octanol–water partition coefficient (Wildman–Crippen LogP) is 0.148. The molecule has 0 atom stereocenters. The zero-order chi connectivity index (χ0) is 4.12. The number of thiocyanates is 1. The van der Waals surface area contributed by atoms with Crippen LogP contribution in [-0.2, 0) is 27.7 Å². The van der Waals surface area contributed by atoms with Crippen LogP contribution in [0.15, 0.2) is 0 Å². The maximum absolute atomic E-state index is 7.81. The Morgan fingerprint density at radius 2 is 2.33 bits per heavy atom. The van der Waals surface area contributed by atoms with Gasteiger partial charge in [0.25, 0.3) is 0 Å². The Kier molecular flexibility index (Phi) is 15.2. The van der Waals surface area contributed by atoms with E-state index in [4.69, 9.17) is 10.4 Å². The fourth-order valence-corrected chi connectivity index (χ4v) is 0.0866. The van der Waals surface area contributed by atoms with E-state index in [1.54, 1.807) is 5.40 Å². The van der Waals surface area contributed by atoms with Gasteiger partial charge in [-0.1, -0.05) is 0 Å². The molecule has 0 fully saturated rings. The van der Waals surface area contributed by atoms with E-state index < -0.39 is 0 Å². The minimum Gasteiger partial charge on any atom is -0.385 e. The van der Waals surface area contributed by atoms with Crippen molar-refractivity contribution in [3.05, 3.63) is 0 Å². The van der Waals surface area contributed by atoms with Gasteiger partial charge >= 0.3 is 0 Å². The van der Waals surface area contributed by atoms with Gasteiger partial charge in [0.05, 0.1) is 0 Å². The molecule has 0 saturated heterocycles. The molecule has 4 heteroatoms. The molecule has 0 unspecified atom stereocenters. The maximum atomic E-state index is 7.81. The normalized spacial score (nSPS) is 5.33. The molecule has 0 aliphatic rings. The molecule has 0 aromatic rings. The van der Waals surface area contributed by atoms with Gasteiger partial charge in [0, 0.05) is 27.7 Å². The molecule has 0 saturated carbocycles. The average Bonchev–Trinajstić information content (AvgIpc) is 1.41. The van der Waals surface area contributed by atoms with Gasteiger partial charge in [-0.3, -0.25) is 0 Å². The third kappa shape index (κ3) is 8.83. The molecule has 0 aliphatic heterocycles. The third-order valence-corrected chi connectivity index (χ3v) is 0.387. The Bertz CT molecular complexity index is 52.0. The summed E-state index contributed by atoms with van der Waals surface area (Å²) in [5, 5.41) is 17.1. The molecule has 0 bridgehead atoms. The van der Waals surface area contributed by atoms with E-state index in [1.165, 1.54) is 0 Å². The van der Waals surface area contributed by atoms with Gasteiger partial charge < -0.3 is 5.11 Å². The Balaban J connectivity index is 0. The number of aliphatic hydroxyl groups excluding tert-OH is 1. The van der Waals surface area contributed by atoms with Crippen LogP contribution < -0.4 is 0 Å². The van der Waals surface area contributed by atoms with Crippen LogP contribution in [-0.4, -0.2) is 11.0 Å². The van der Waals surface area contributed by atoms with Crippen molar-refractivity contribution in [2.75, 3.05) is 5.94 Å². The summed E-state index contributed by atoms with van der Waals surface area (Å²) >= 11 is 0.824. The number of hydrogen-bond donors (Lipinski definition) is 1. The van der Waals surface area contributed by atoms with E-state index in [0.717, 1.165) is 11.8 Å². The van der Waals surface area contributed by atoms with Gasteiger partial charge in [-0.25, -0.2) is 0 Å². The molecule has 0 heterocycles. The first-order valence-electron chi connectivity index (χ1n) is 1.03. The zero-order valence-electron chi connectivity index (χ0n) is 3.22. The van der Waals surface area contributed by atoms with Crippen molar-refractivity contribution >= 4 is 11.8 Å². The molecular weight excluding hydrogens is 287 g/mol. The van der Waals surface area contributed by atoms with Gasteiger partial charge in [-0.2, -0.15) is 5.26 Å². The second kappa shape index (κ2) is 9.22. The van der Waals surface area contributed by atoms with Crippen LogP contribution in [0.25, 0.3) is 0 Å². The third-order valence-electron chi connectivity index (χ3n) is 0.129. The van der Waals surface area contributed by atoms with Crippen LogP contribution in [0.1, 0.15) is 0 Å². The topological polar surface area (TPSA) is 44.0 Å². The Morgan fingerprint density at radius 3 is 2.33 bits per heavy atom. The molecule has 2 nitrogen and oxygen atoms in total. The molecule has 1 N–H and O–H groups in total. The Hall–Kier alpha value is 0.735.